The number of ether oxygens (including phenoxy) is 1. The fourth-order valence-electron chi connectivity index (χ4n) is 3.22. The number of tetrazole rings is 1. The van der Waals surface area contributed by atoms with Gasteiger partial charge in [0.15, 0.2) is 0 Å². The van der Waals surface area contributed by atoms with E-state index in [2.05, 4.69) is 20.8 Å². The fourth-order valence-corrected chi connectivity index (χ4v) is 3.22. The molecule has 4 rings (SSSR count). The summed E-state index contributed by atoms with van der Waals surface area (Å²) in [5.41, 5.74) is 2.01. The molecule has 9 heteroatoms. The molecule has 0 spiro atoms. The van der Waals surface area contributed by atoms with Crippen LogP contribution < -0.4 is 15.0 Å². The van der Waals surface area contributed by atoms with Crippen molar-refractivity contribution in [2.24, 2.45) is 5.92 Å². The lowest BCUT2D eigenvalue weighted by Crippen LogP contribution is -2.28. The SMILES string of the molecule is COc1ccccc1N1C[C@H](C(=O)Nc2cccc(-n3cnnn3)c2)CC1=O. The average molecular weight is 378 g/mol. The van der Waals surface area contributed by atoms with Gasteiger partial charge in [0.05, 0.1) is 24.4 Å². The van der Waals surface area contributed by atoms with E-state index in [4.69, 9.17) is 4.74 Å². The fraction of sp³-hybridized carbons (Fsp3) is 0.211. The van der Waals surface area contributed by atoms with E-state index in [0.29, 0.717) is 23.7 Å². The second kappa shape index (κ2) is 7.47. The van der Waals surface area contributed by atoms with Gasteiger partial charge in [-0.3, -0.25) is 9.59 Å². The first-order valence-electron chi connectivity index (χ1n) is 8.73. The number of amides is 2. The molecule has 2 aromatic carbocycles. The number of hydrogen-bond acceptors (Lipinski definition) is 6. The van der Waals surface area contributed by atoms with Gasteiger partial charge in [-0.2, -0.15) is 0 Å². The Morgan fingerprint density at radius 2 is 2.07 bits per heavy atom. The van der Waals surface area contributed by atoms with Gasteiger partial charge in [0.2, 0.25) is 11.8 Å². The van der Waals surface area contributed by atoms with Crippen molar-refractivity contribution in [2.75, 3.05) is 23.9 Å². The Bertz CT molecular complexity index is 1000. The highest BCUT2D eigenvalue weighted by Gasteiger charge is 2.36. The number of para-hydroxylation sites is 2. The van der Waals surface area contributed by atoms with Crippen LogP contribution >= 0.6 is 0 Å². The molecule has 3 aromatic rings. The van der Waals surface area contributed by atoms with Crippen molar-refractivity contribution in [3.63, 3.8) is 0 Å². The molecule has 9 nitrogen and oxygen atoms in total. The Kier molecular flexibility index (Phi) is 4.71. The summed E-state index contributed by atoms with van der Waals surface area (Å²) in [6.45, 7) is 0.303. The van der Waals surface area contributed by atoms with Gasteiger partial charge in [0.25, 0.3) is 0 Å². The van der Waals surface area contributed by atoms with Crippen LogP contribution in [0.3, 0.4) is 0 Å². The third-order valence-corrected chi connectivity index (χ3v) is 4.60. The largest absolute Gasteiger partial charge is 0.495 e. The van der Waals surface area contributed by atoms with E-state index >= 15 is 0 Å². The summed E-state index contributed by atoms with van der Waals surface area (Å²) in [4.78, 5) is 26.8. The van der Waals surface area contributed by atoms with Crippen molar-refractivity contribution in [1.82, 2.24) is 20.2 Å². The summed E-state index contributed by atoms with van der Waals surface area (Å²) in [7, 11) is 1.56. The van der Waals surface area contributed by atoms with E-state index in [1.54, 1.807) is 36.3 Å². The molecule has 142 valence electrons. The molecule has 0 aliphatic carbocycles. The Hall–Kier alpha value is -3.75. The second-order valence-electron chi connectivity index (χ2n) is 6.37. The van der Waals surface area contributed by atoms with Gasteiger partial charge in [-0.05, 0) is 40.8 Å². The molecule has 0 bridgehead atoms. The molecule has 28 heavy (non-hydrogen) atoms. The summed E-state index contributed by atoms with van der Waals surface area (Å²) in [5.74, 6) is -0.160. The molecular weight excluding hydrogens is 360 g/mol. The van der Waals surface area contributed by atoms with Gasteiger partial charge in [0, 0.05) is 18.7 Å². The van der Waals surface area contributed by atoms with Crippen LogP contribution in [-0.2, 0) is 9.59 Å². The number of anilines is 2. The highest BCUT2D eigenvalue weighted by atomic mass is 16.5. The third-order valence-electron chi connectivity index (χ3n) is 4.60. The molecule has 1 fully saturated rings. The number of nitrogens with one attached hydrogen (secondary N) is 1. The molecule has 1 aliphatic heterocycles. The predicted octanol–water partition coefficient (Wildman–Crippen LogP) is 1.66. The van der Waals surface area contributed by atoms with E-state index in [1.165, 1.54) is 11.0 Å². The quantitative estimate of drug-likeness (QED) is 0.724. The lowest BCUT2D eigenvalue weighted by atomic mass is 10.1. The maximum absolute atomic E-state index is 12.7. The Balaban J connectivity index is 1.48. The highest BCUT2D eigenvalue weighted by Crippen LogP contribution is 2.33. The number of aromatic nitrogens is 4. The van der Waals surface area contributed by atoms with Gasteiger partial charge < -0.3 is 15.0 Å². The van der Waals surface area contributed by atoms with E-state index in [9.17, 15) is 9.59 Å². The minimum Gasteiger partial charge on any atom is -0.495 e. The van der Waals surface area contributed by atoms with Crippen LogP contribution in [0.5, 0.6) is 5.75 Å². The normalized spacial score (nSPS) is 16.2. The number of carbonyl (C=O) groups is 2. The number of benzene rings is 2. The summed E-state index contributed by atoms with van der Waals surface area (Å²) in [6, 6.07) is 14.5. The smallest absolute Gasteiger partial charge is 0.229 e. The van der Waals surface area contributed by atoms with E-state index in [1.807, 2.05) is 24.3 Å². The van der Waals surface area contributed by atoms with Crippen LogP contribution in [0.1, 0.15) is 6.42 Å². The first-order chi connectivity index (χ1) is 13.7. The van der Waals surface area contributed by atoms with Crippen LogP contribution in [0, 0.1) is 5.92 Å². The molecule has 0 radical (unpaired) electrons. The number of hydrogen-bond donors (Lipinski definition) is 1. The number of nitrogens with zero attached hydrogens (tertiary/aromatic N) is 5. The number of carbonyl (C=O) groups excluding carboxylic acids is 2. The molecule has 0 saturated carbocycles. The summed E-state index contributed by atoms with van der Waals surface area (Å²) in [6.07, 6.45) is 1.62. The van der Waals surface area contributed by atoms with Crippen molar-refractivity contribution >= 4 is 23.2 Å². The molecular formula is C19H18N6O3. The summed E-state index contributed by atoms with van der Waals surface area (Å²) >= 11 is 0. The van der Waals surface area contributed by atoms with Crippen molar-refractivity contribution in [2.45, 2.75) is 6.42 Å². The average Bonchev–Trinajstić information content (AvgIpc) is 3.38. The zero-order chi connectivity index (χ0) is 19.5. The zero-order valence-electron chi connectivity index (χ0n) is 15.1. The van der Waals surface area contributed by atoms with Gasteiger partial charge in [0.1, 0.15) is 12.1 Å². The topological polar surface area (TPSA) is 102 Å². The van der Waals surface area contributed by atoms with Crippen LogP contribution in [0.4, 0.5) is 11.4 Å². The lowest BCUT2D eigenvalue weighted by molar-refractivity contribution is -0.122. The van der Waals surface area contributed by atoms with Crippen molar-refractivity contribution < 1.29 is 14.3 Å². The Morgan fingerprint density at radius 3 is 2.86 bits per heavy atom. The van der Waals surface area contributed by atoms with Gasteiger partial charge in [-0.15, -0.1) is 5.10 Å². The summed E-state index contributed by atoms with van der Waals surface area (Å²) in [5, 5.41) is 13.9. The van der Waals surface area contributed by atoms with Crippen molar-refractivity contribution in [3.8, 4) is 11.4 Å². The maximum Gasteiger partial charge on any atom is 0.229 e. The monoisotopic (exact) mass is 378 g/mol. The van der Waals surface area contributed by atoms with Gasteiger partial charge in [-0.1, -0.05) is 18.2 Å². The predicted molar refractivity (Wildman–Crippen MR) is 101 cm³/mol. The van der Waals surface area contributed by atoms with Crippen molar-refractivity contribution in [1.29, 1.82) is 0 Å². The number of rotatable bonds is 5. The number of methoxy groups -OCH3 is 1. The molecule has 0 unspecified atom stereocenters. The van der Waals surface area contributed by atoms with Crippen LogP contribution in [0.25, 0.3) is 5.69 Å². The standard InChI is InChI=1S/C19H18N6O3/c1-28-17-8-3-2-7-16(17)24-11-13(9-18(24)26)19(27)21-14-5-4-6-15(10-14)25-12-20-22-23-25/h2-8,10,12-13H,9,11H2,1H3,(H,21,27)/t13-/m1/s1. The molecule has 1 aliphatic rings. The molecule has 1 aromatic heterocycles. The molecule has 2 amide bonds. The molecule has 1 atom stereocenters. The second-order valence-corrected chi connectivity index (χ2v) is 6.37. The first-order valence-corrected chi connectivity index (χ1v) is 8.73. The Morgan fingerprint density at radius 1 is 1.21 bits per heavy atom. The highest BCUT2D eigenvalue weighted by molar-refractivity contribution is 6.04. The minimum atomic E-state index is -0.450. The molecule has 1 saturated heterocycles. The molecule has 2 heterocycles. The maximum atomic E-state index is 12.7. The minimum absolute atomic E-state index is 0.105. The lowest BCUT2D eigenvalue weighted by Gasteiger charge is -2.19. The summed E-state index contributed by atoms with van der Waals surface area (Å²) < 4.78 is 6.83. The van der Waals surface area contributed by atoms with Crippen LogP contribution in [0.2, 0.25) is 0 Å². The zero-order valence-corrected chi connectivity index (χ0v) is 15.1. The van der Waals surface area contributed by atoms with E-state index in [0.717, 1.165) is 5.69 Å². The van der Waals surface area contributed by atoms with E-state index < -0.39 is 5.92 Å². The van der Waals surface area contributed by atoms with Crippen molar-refractivity contribution in [3.05, 3.63) is 54.9 Å². The Labute approximate surface area is 160 Å². The van der Waals surface area contributed by atoms with Crippen LogP contribution in [-0.4, -0.2) is 45.7 Å². The molecule has 1 N–H and O–H groups in total. The van der Waals surface area contributed by atoms with Gasteiger partial charge in [-0.25, -0.2) is 4.68 Å². The first kappa shape index (κ1) is 17.7. The third kappa shape index (κ3) is 3.41. The van der Waals surface area contributed by atoms with Gasteiger partial charge >= 0.3 is 0 Å². The van der Waals surface area contributed by atoms with E-state index in [-0.39, 0.29) is 18.2 Å². The van der Waals surface area contributed by atoms with Crippen LogP contribution in [0.15, 0.2) is 54.9 Å².